The maximum Gasteiger partial charge on any atom is 0.416 e. The van der Waals surface area contributed by atoms with Crippen LogP contribution in [0.3, 0.4) is 0 Å². The molecule has 0 N–H and O–H groups in total. The highest BCUT2D eigenvalue weighted by atomic mass is 19.4. The van der Waals surface area contributed by atoms with Crippen LogP contribution in [-0.4, -0.2) is 37.3 Å². The Labute approximate surface area is 252 Å². The first-order valence-corrected chi connectivity index (χ1v) is 13.7. The lowest BCUT2D eigenvalue weighted by Crippen LogP contribution is -2.62. The average molecular weight is 642 g/mol. The van der Waals surface area contributed by atoms with Crippen molar-refractivity contribution in [2.24, 2.45) is 5.11 Å². The minimum Gasteiger partial charge on any atom is -0.368 e. The smallest absolute Gasteiger partial charge is 0.368 e. The van der Waals surface area contributed by atoms with Crippen LogP contribution in [-0.2, 0) is 42.6 Å². The second-order valence-corrected chi connectivity index (χ2v) is 10.4. The van der Waals surface area contributed by atoms with E-state index in [4.69, 9.17) is 23.7 Å². The Balaban J connectivity index is 1.46. The molecule has 0 saturated carbocycles. The van der Waals surface area contributed by atoms with Crippen molar-refractivity contribution in [2.45, 2.75) is 68.9 Å². The van der Waals surface area contributed by atoms with E-state index < -0.39 is 77.9 Å². The predicted octanol–water partition coefficient (Wildman–Crippen LogP) is 8.04. The molecule has 2 heterocycles. The largest absolute Gasteiger partial charge is 0.416 e. The second-order valence-electron chi connectivity index (χ2n) is 10.4. The summed E-state index contributed by atoms with van der Waals surface area (Å²) in [4.78, 5) is 2.93. The molecule has 45 heavy (non-hydrogen) atoms. The lowest BCUT2D eigenvalue weighted by atomic mass is 9.95. The van der Waals surface area contributed by atoms with Gasteiger partial charge in [0.05, 0.1) is 36.5 Å². The molecule has 0 radical (unpaired) electrons. The number of hydrogen-bond acceptors (Lipinski definition) is 6. The van der Waals surface area contributed by atoms with E-state index in [1.54, 1.807) is 30.3 Å². The van der Waals surface area contributed by atoms with Gasteiger partial charge in [-0.15, -0.1) is 0 Å². The molecule has 3 aromatic rings. The van der Waals surface area contributed by atoms with Gasteiger partial charge in [-0.05, 0) is 53.9 Å². The second kappa shape index (κ2) is 13.3. The molecule has 0 unspecified atom stereocenters. The van der Waals surface area contributed by atoms with Crippen LogP contribution in [0.2, 0.25) is 0 Å². The summed E-state index contributed by atoms with van der Waals surface area (Å²) >= 11 is 0. The maximum absolute atomic E-state index is 13.5. The molecule has 240 valence electrons. The van der Waals surface area contributed by atoms with Gasteiger partial charge in [0.25, 0.3) is 0 Å². The summed E-state index contributed by atoms with van der Waals surface area (Å²) < 4.78 is 125. The molecule has 2 aliphatic rings. The first-order chi connectivity index (χ1) is 21.3. The zero-order chi connectivity index (χ0) is 32.4. The molecule has 0 aromatic heterocycles. The zero-order valence-corrected chi connectivity index (χ0v) is 23.4. The Morgan fingerprint density at radius 1 is 0.933 bits per heavy atom. The van der Waals surface area contributed by atoms with Crippen LogP contribution >= 0.6 is 0 Å². The van der Waals surface area contributed by atoms with Gasteiger partial charge >= 0.3 is 12.4 Å². The summed E-state index contributed by atoms with van der Waals surface area (Å²) in [6, 6.07) is 14.1. The highest BCUT2D eigenvalue weighted by Gasteiger charge is 2.51. The van der Waals surface area contributed by atoms with Crippen LogP contribution in [0.5, 0.6) is 0 Å². The van der Waals surface area contributed by atoms with Gasteiger partial charge in [-0.25, -0.2) is 4.39 Å². The number of azide groups is 1. The van der Waals surface area contributed by atoms with Crippen molar-refractivity contribution in [1.82, 2.24) is 0 Å². The minimum atomic E-state index is -5.07. The number of alkyl halides is 6. The normalized spacial score (nSPS) is 26.0. The van der Waals surface area contributed by atoms with Crippen LogP contribution < -0.4 is 0 Å². The van der Waals surface area contributed by atoms with E-state index in [0.717, 1.165) is 0 Å². The van der Waals surface area contributed by atoms with Gasteiger partial charge < -0.3 is 23.7 Å². The molecule has 0 aliphatic carbocycles. The third-order valence-electron chi connectivity index (χ3n) is 7.34. The van der Waals surface area contributed by atoms with E-state index >= 15 is 0 Å². The molecule has 8 nitrogen and oxygen atoms in total. The van der Waals surface area contributed by atoms with Crippen molar-refractivity contribution >= 4 is 0 Å². The number of benzene rings is 3. The summed E-state index contributed by atoms with van der Waals surface area (Å²) in [6.07, 6.45) is -17.0. The fraction of sp³-hybridized carbons (Fsp3) is 0.400. The third kappa shape index (κ3) is 7.75. The fourth-order valence-corrected chi connectivity index (χ4v) is 5.09. The molecule has 0 bridgehead atoms. The van der Waals surface area contributed by atoms with E-state index in [2.05, 4.69) is 10.0 Å². The number of fused-ring (bicyclic) bond motifs is 1. The summed E-state index contributed by atoms with van der Waals surface area (Å²) in [7, 11) is 0. The number of ether oxygens (including phenoxy) is 5. The topological polar surface area (TPSA) is 94.9 Å². The minimum absolute atomic E-state index is 0.0179. The molecule has 2 saturated heterocycles. The molecule has 3 aromatic carbocycles. The fourth-order valence-electron chi connectivity index (χ4n) is 5.09. The summed E-state index contributed by atoms with van der Waals surface area (Å²) in [6.45, 7) is 1.00. The van der Waals surface area contributed by atoms with Crippen molar-refractivity contribution in [2.75, 3.05) is 6.61 Å². The Hall–Kier alpha value is -3.72. The molecule has 0 spiro atoms. The summed E-state index contributed by atoms with van der Waals surface area (Å²) in [5, 5.41) is 3.88. The molecule has 7 atom stereocenters. The summed E-state index contributed by atoms with van der Waals surface area (Å²) in [5.41, 5.74) is 7.19. The lowest BCUT2D eigenvalue weighted by Gasteiger charge is -2.48. The van der Waals surface area contributed by atoms with E-state index in [0.29, 0.717) is 23.3 Å². The Morgan fingerprint density at radius 3 is 2.18 bits per heavy atom. The molecule has 15 heteroatoms. The SMILES string of the molecule is C[C@@H](O[C@H]1O[C@@H]2CO[C@@H](c3ccccc3)O[C@H]2[C@H](N=[N+]=[N-])[C@H]1OCc1ccc(F)cc1)c1cc(C(F)(F)F)cc(C(F)(F)F)c1. The van der Waals surface area contributed by atoms with Gasteiger partial charge in [0.1, 0.15) is 24.1 Å². The average Bonchev–Trinajstić information content (AvgIpc) is 3.00. The van der Waals surface area contributed by atoms with Crippen molar-refractivity contribution in [3.8, 4) is 0 Å². The standard InChI is InChI=1S/C30H26F7N3O5/c1-16(19-11-20(29(32,33)34)13-21(12-19)30(35,36)37)43-28-26(41-14-17-7-9-22(31)10-8-17)24(39-40-38)25-23(44-28)15-42-27(45-25)18-5-3-2-4-6-18/h2-13,16,23-28H,14-15H2,1H3/t16-,23-,24+,25-,26-,27-,28+/m1/s1. The Kier molecular flexibility index (Phi) is 9.68. The molecule has 5 rings (SSSR count). The van der Waals surface area contributed by atoms with Crippen molar-refractivity contribution < 1.29 is 54.4 Å². The number of rotatable bonds is 8. The quantitative estimate of drug-likeness (QED) is 0.107. The number of hydrogen-bond donors (Lipinski definition) is 0. The Bertz CT molecular complexity index is 1470. The van der Waals surface area contributed by atoms with Crippen molar-refractivity contribution in [3.05, 3.63) is 117 Å². The van der Waals surface area contributed by atoms with E-state index in [1.807, 2.05) is 0 Å². The summed E-state index contributed by atoms with van der Waals surface area (Å²) in [5.74, 6) is -0.494. The monoisotopic (exact) mass is 641 g/mol. The maximum atomic E-state index is 13.5. The van der Waals surface area contributed by atoms with Gasteiger partial charge in [0.2, 0.25) is 0 Å². The van der Waals surface area contributed by atoms with Crippen molar-refractivity contribution in [1.29, 1.82) is 0 Å². The van der Waals surface area contributed by atoms with Crippen LogP contribution in [0.15, 0.2) is 77.9 Å². The number of nitrogens with zero attached hydrogens (tertiary/aromatic N) is 3. The Morgan fingerprint density at radius 2 is 1.58 bits per heavy atom. The molecule has 0 amide bonds. The lowest BCUT2D eigenvalue weighted by molar-refractivity contribution is -0.352. The van der Waals surface area contributed by atoms with Crippen LogP contribution in [0, 0.1) is 5.82 Å². The van der Waals surface area contributed by atoms with Crippen LogP contribution in [0.25, 0.3) is 10.4 Å². The number of halogens is 7. The van der Waals surface area contributed by atoms with Gasteiger partial charge in [-0.1, -0.05) is 47.6 Å². The van der Waals surface area contributed by atoms with Gasteiger partial charge in [-0.2, -0.15) is 26.3 Å². The highest BCUT2D eigenvalue weighted by Crippen LogP contribution is 2.41. The van der Waals surface area contributed by atoms with E-state index in [-0.39, 0.29) is 19.3 Å². The van der Waals surface area contributed by atoms with Crippen molar-refractivity contribution in [3.63, 3.8) is 0 Å². The molecule has 2 aliphatic heterocycles. The van der Waals surface area contributed by atoms with E-state index in [1.165, 1.54) is 31.2 Å². The van der Waals surface area contributed by atoms with E-state index in [9.17, 15) is 36.3 Å². The zero-order valence-electron chi connectivity index (χ0n) is 23.4. The van der Waals surface area contributed by atoms with Gasteiger partial charge in [-0.3, -0.25) is 0 Å². The molecule has 2 fully saturated rings. The van der Waals surface area contributed by atoms with Gasteiger partial charge in [0.15, 0.2) is 12.6 Å². The molecular weight excluding hydrogens is 615 g/mol. The predicted molar refractivity (Wildman–Crippen MR) is 143 cm³/mol. The third-order valence-corrected chi connectivity index (χ3v) is 7.34. The van der Waals surface area contributed by atoms with Crippen LogP contribution in [0.4, 0.5) is 30.7 Å². The first kappa shape index (κ1) is 32.7. The first-order valence-electron chi connectivity index (χ1n) is 13.7. The molecular formula is C30H26F7N3O5. The highest BCUT2D eigenvalue weighted by molar-refractivity contribution is 5.34. The van der Waals surface area contributed by atoms with Crippen LogP contribution in [0.1, 0.15) is 47.1 Å². The van der Waals surface area contributed by atoms with Gasteiger partial charge in [0, 0.05) is 10.5 Å².